The van der Waals surface area contributed by atoms with Gasteiger partial charge in [-0.3, -0.25) is 14.9 Å². The van der Waals surface area contributed by atoms with E-state index in [0.29, 0.717) is 6.20 Å². The zero-order chi connectivity index (χ0) is 17.8. The Morgan fingerprint density at radius 1 is 1.43 bits per heavy atom. The van der Waals surface area contributed by atoms with Crippen LogP contribution in [-0.4, -0.2) is 28.8 Å². The molecule has 0 saturated heterocycles. The molecule has 0 bridgehead atoms. The van der Waals surface area contributed by atoms with Gasteiger partial charge in [0.25, 0.3) is 6.43 Å². The lowest BCUT2D eigenvalue weighted by molar-refractivity contribution is -0.390. The lowest BCUT2D eigenvalue weighted by Gasteiger charge is -2.14. The van der Waals surface area contributed by atoms with Crippen LogP contribution in [0.4, 0.5) is 27.6 Å². The first-order valence-electron chi connectivity index (χ1n) is 5.92. The summed E-state index contributed by atoms with van der Waals surface area (Å²) < 4.78 is 70.6. The van der Waals surface area contributed by atoms with Gasteiger partial charge < -0.3 is 9.47 Å². The lowest BCUT2D eigenvalue weighted by Crippen LogP contribution is -2.21. The van der Waals surface area contributed by atoms with Crippen LogP contribution in [0.2, 0.25) is 0 Å². The Bertz CT molecular complexity index is 605. The van der Waals surface area contributed by atoms with Gasteiger partial charge in [-0.2, -0.15) is 0 Å². The molecule has 1 aromatic heterocycles. The number of hydrogen-bond donors (Lipinski definition) is 0. The molecule has 23 heavy (non-hydrogen) atoms. The number of rotatable bonds is 6. The van der Waals surface area contributed by atoms with Gasteiger partial charge in [0.1, 0.15) is 0 Å². The molecule has 0 fully saturated rings. The number of aromatic nitrogens is 1. The van der Waals surface area contributed by atoms with Crippen LogP contribution in [0, 0.1) is 10.1 Å². The summed E-state index contributed by atoms with van der Waals surface area (Å²) in [6, 6.07) is 0. The molecule has 7 nitrogen and oxygen atoms in total. The van der Waals surface area contributed by atoms with Crippen molar-refractivity contribution in [3.05, 3.63) is 27.6 Å². The van der Waals surface area contributed by atoms with Crippen LogP contribution in [-0.2, 0) is 16.0 Å². The van der Waals surface area contributed by atoms with E-state index in [0.717, 1.165) is 0 Å². The predicted octanol–water partition coefficient (Wildman–Crippen LogP) is 2.93. The Balaban J connectivity index is 3.48. The number of nitrogens with zero attached hydrogens (tertiary/aromatic N) is 2. The van der Waals surface area contributed by atoms with Gasteiger partial charge in [-0.25, -0.2) is 13.8 Å². The molecule has 0 radical (unpaired) electrons. The van der Waals surface area contributed by atoms with Crippen LogP contribution in [0.5, 0.6) is 5.75 Å². The highest BCUT2D eigenvalue weighted by Crippen LogP contribution is 2.40. The number of alkyl halides is 5. The predicted molar refractivity (Wildman–Crippen MR) is 62.9 cm³/mol. The molecule has 0 atom stereocenters. The number of hydrogen-bond acceptors (Lipinski definition) is 6. The third kappa shape index (κ3) is 5.00. The van der Waals surface area contributed by atoms with Crippen LogP contribution in [0.3, 0.4) is 0 Å². The largest absolute Gasteiger partial charge is 0.573 e. The fraction of sp³-hybridized carbons (Fsp3) is 0.455. The fourth-order valence-electron chi connectivity index (χ4n) is 1.59. The Morgan fingerprint density at radius 3 is 2.48 bits per heavy atom. The van der Waals surface area contributed by atoms with E-state index >= 15 is 0 Å². The molecule has 0 saturated carbocycles. The normalized spacial score (nSPS) is 11.4. The average molecular weight is 344 g/mol. The van der Waals surface area contributed by atoms with Crippen molar-refractivity contribution in [3.63, 3.8) is 0 Å². The lowest BCUT2D eigenvalue weighted by atomic mass is 10.1. The van der Waals surface area contributed by atoms with Crippen molar-refractivity contribution in [2.75, 3.05) is 6.61 Å². The molecule has 1 aromatic rings. The van der Waals surface area contributed by atoms with Crippen LogP contribution < -0.4 is 4.74 Å². The Kier molecular flexibility index (Phi) is 5.76. The highest BCUT2D eigenvalue weighted by Gasteiger charge is 2.39. The molecule has 0 aliphatic heterocycles. The molecular weight excluding hydrogens is 335 g/mol. The standard InChI is InChI=1S/C11H9F5N2O5/c1-2-22-6(19)3-5-4-17-7(10(12)13)8(18(20)21)9(5)23-11(14,15)16/h4,10H,2-3H2,1H3. The molecule has 0 aliphatic carbocycles. The molecule has 0 amide bonds. The van der Waals surface area contributed by atoms with Gasteiger partial charge >= 0.3 is 18.0 Å². The number of pyridine rings is 1. The van der Waals surface area contributed by atoms with Crippen molar-refractivity contribution in [2.45, 2.75) is 26.1 Å². The summed E-state index contributed by atoms with van der Waals surface area (Å²) in [4.78, 5) is 23.8. The summed E-state index contributed by atoms with van der Waals surface area (Å²) in [6.45, 7) is 1.32. The maximum atomic E-state index is 12.7. The minimum Gasteiger partial charge on any atom is -0.466 e. The molecule has 0 N–H and O–H groups in total. The minimum atomic E-state index is -5.39. The molecule has 0 spiro atoms. The third-order valence-electron chi connectivity index (χ3n) is 2.36. The van der Waals surface area contributed by atoms with Crippen molar-refractivity contribution in [2.24, 2.45) is 0 Å². The maximum Gasteiger partial charge on any atom is 0.573 e. The Hall–Kier alpha value is -2.53. The van der Waals surface area contributed by atoms with Crippen LogP contribution in [0.15, 0.2) is 6.20 Å². The third-order valence-corrected chi connectivity index (χ3v) is 2.36. The molecule has 0 aliphatic rings. The van der Waals surface area contributed by atoms with E-state index in [4.69, 9.17) is 0 Å². The molecule has 1 heterocycles. The van der Waals surface area contributed by atoms with E-state index in [1.54, 1.807) is 0 Å². The Labute approximate surface area is 125 Å². The minimum absolute atomic E-state index is 0.0983. The van der Waals surface area contributed by atoms with Crippen molar-refractivity contribution in [1.29, 1.82) is 0 Å². The highest BCUT2D eigenvalue weighted by molar-refractivity contribution is 5.74. The number of ether oxygens (including phenoxy) is 2. The number of halogens is 5. The van der Waals surface area contributed by atoms with Crippen LogP contribution >= 0.6 is 0 Å². The summed E-state index contributed by atoms with van der Waals surface area (Å²) >= 11 is 0. The zero-order valence-corrected chi connectivity index (χ0v) is 11.4. The van der Waals surface area contributed by atoms with Gasteiger partial charge in [0.05, 0.1) is 18.0 Å². The molecular formula is C11H9F5N2O5. The zero-order valence-electron chi connectivity index (χ0n) is 11.4. The van der Waals surface area contributed by atoms with E-state index in [1.165, 1.54) is 6.92 Å². The molecule has 12 heteroatoms. The van der Waals surface area contributed by atoms with Gasteiger partial charge in [0, 0.05) is 11.8 Å². The highest BCUT2D eigenvalue weighted by atomic mass is 19.4. The number of carbonyl (C=O) groups is 1. The summed E-state index contributed by atoms with van der Waals surface area (Å²) in [6.07, 6.45) is -9.29. The van der Waals surface area contributed by atoms with Crippen molar-refractivity contribution < 1.29 is 41.1 Å². The van der Waals surface area contributed by atoms with Gasteiger partial charge in [-0.05, 0) is 6.92 Å². The van der Waals surface area contributed by atoms with Crippen molar-refractivity contribution >= 4 is 11.7 Å². The summed E-state index contributed by atoms with van der Waals surface area (Å²) in [7, 11) is 0. The summed E-state index contributed by atoms with van der Waals surface area (Å²) in [5.74, 6) is -2.54. The second-order valence-electron chi connectivity index (χ2n) is 3.93. The number of esters is 1. The van der Waals surface area contributed by atoms with E-state index in [9.17, 15) is 36.9 Å². The van der Waals surface area contributed by atoms with Crippen LogP contribution in [0.25, 0.3) is 0 Å². The van der Waals surface area contributed by atoms with E-state index in [2.05, 4.69) is 14.5 Å². The monoisotopic (exact) mass is 344 g/mol. The first kappa shape index (κ1) is 18.5. The smallest absolute Gasteiger partial charge is 0.466 e. The van der Waals surface area contributed by atoms with Crippen molar-refractivity contribution in [1.82, 2.24) is 4.98 Å². The fourth-order valence-corrected chi connectivity index (χ4v) is 1.59. The second-order valence-corrected chi connectivity index (χ2v) is 3.93. The first-order chi connectivity index (χ1) is 10.6. The van der Waals surface area contributed by atoms with Gasteiger partial charge in [0.15, 0.2) is 5.69 Å². The van der Waals surface area contributed by atoms with E-state index in [1.807, 2.05) is 0 Å². The number of nitro groups is 1. The maximum absolute atomic E-state index is 12.7. The summed E-state index contributed by atoms with van der Waals surface area (Å²) in [5.41, 5.74) is -3.85. The van der Waals surface area contributed by atoms with Gasteiger partial charge in [0.2, 0.25) is 5.75 Å². The summed E-state index contributed by atoms with van der Waals surface area (Å²) in [5, 5.41) is 10.9. The van der Waals surface area contributed by atoms with Crippen LogP contribution in [0.1, 0.15) is 24.6 Å². The first-order valence-corrected chi connectivity index (χ1v) is 5.92. The SMILES string of the molecule is CCOC(=O)Cc1cnc(C(F)F)c([N+](=O)[O-])c1OC(F)(F)F. The topological polar surface area (TPSA) is 91.6 Å². The van der Waals surface area contributed by atoms with E-state index < -0.39 is 52.8 Å². The second kappa shape index (κ2) is 7.15. The Morgan fingerprint density at radius 2 is 2.04 bits per heavy atom. The quantitative estimate of drug-likeness (QED) is 0.341. The molecule has 1 rings (SSSR count). The van der Waals surface area contributed by atoms with Gasteiger partial charge in [-0.15, -0.1) is 13.2 Å². The van der Waals surface area contributed by atoms with E-state index in [-0.39, 0.29) is 6.61 Å². The molecule has 0 aromatic carbocycles. The number of carbonyl (C=O) groups excluding carboxylic acids is 1. The average Bonchev–Trinajstić information content (AvgIpc) is 2.38. The molecule has 128 valence electrons. The van der Waals surface area contributed by atoms with Gasteiger partial charge in [-0.1, -0.05) is 0 Å². The van der Waals surface area contributed by atoms with Crippen molar-refractivity contribution in [3.8, 4) is 5.75 Å². The molecule has 0 unspecified atom stereocenters.